The third-order valence-corrected chi connectivity index (χ3v) is 4.50. The van der Waals surface area contributed by atoms with Crippen LogP contribution in [0.25, 0.3) is 16.7 Å². The highest BCUT2D eigenvalue weighted by molar-refractivity contribution is 6.33. The number of carbonyl (C=O) groups is 1. The number of rotatable bonds is 3. The van der Waals surface area contributed by atoms with Crippen molar-refractivity contribution in [3.63, 3.8) is 0 Å². The highest BCUT2D eigenvalue weighted by atomic mass is 35.5. The van der Waals surface area contributed by atoms with E-state index in [9.17, 15) is 18.0 Å². The van der Waals surface area contributed by atoms with Crippen LogP contribution in [0.3, 0.4) is 0 Å². The van der Waals surface area contributed by atoms with Gasteiger partial charge in [0.15, 0.2) is 11.5 Å². The van der Waals surface area contributed by atoms with Crippen molar-refractivity contribution in [3.8, 4) is 0 Å². The summed E-state index contributed by atoms with van der Waals surface area (Å²) >= 11 is 11.7. The van der Waals surface area contributed by atoms with E-state index >= 15 is 0 Å². The average Bonchev–Trinajstić information content (AvgIpc) is 3.22. The van der Waals surface area contributed by atoms with Crippen LogP contribution in [0.1, 0.15) is 21.7 Å². The maximum Gasteiger partial charge on any atom is 0.417 e. The van der Waals surface area contributed by atoms with Gasteiger partial charge in [-0.2, -0.15) is 13.2 Å². The van der Waals surface area contributed by atoms with Gasteiger partial charge in [0.1, 0.15) is 10.8 Å². The first-order valence-electron chi connectivity index (χ1n) is 7.76. The summed E-state index contributed by atoms with van der Waals surface area (Å²) in [6, 6.07) is 3.96. The molecule has 1 amide bonds. The molecule has 0 aromatic carbocycles. The molecule has 4 heterocycles. The van der Waals surface area contributed by atoms with Crippen molar-refractivity contribution in [2.24, 2.45) is 0 Å². The van der Waals surface area contributed by atoms with Gasteiger partial charge in [0.25, 0.3) is 5.91 Å². The number of hydrogen-bond acceptors (Lipinski definition) is 4. The van der Waals surface area contributed by atoms with Crippen molar-refractivity contribution in [2.45, 2.75) is 12.7 Å². The number of amides is 1. The minimum Gasteiger partial charge on any atom is -0.345 e. The highest BCUT2D eigenvalue weighted by Gasteiger charge is 2.32. The topological polar surface area (TPSA) is 88.0 Å². The number of pyridine rings is 2. The minimum absolute atomic E-state index is 0.0600. The second-order valence-corrected chi connectivity index (χ2v) is 6.59. The lowest BCUT2D eigenvalue weighted by atomic mass is 10.2. The fraction of sp³-hybridized carbons (Fsp3) is 0.125. The van der Waals surface area contributed by atoms with E-state index in [1.165, 1.54) is 6.20 Å². The molecule has 4 aromatic heterocycles. The molecular weight excluding hydrogens is 420 g/mol. The SMILES string of the molecule is O=C(NCc1nnc2c(Cl)cc(C(F)(F)F)cn12)c1c[nH]c2nc(Cl)ccc12. The molecule has 0 aliphatic rings. The minimum atomic E-state index is -4.58. The van der Waals surface area contributed by atoms with Crippen molar-refractivity contribution >= 4 is 45.8 Å². The van der Waals surface area contributed by atoms with Gasteiger partial charge in [-0.05, 0) is 18.2 Å². The van der Waals surface area contributed by atoms with Crippen molar-refractivity contribution < 1.29 is 18.0 Å². The van der Waals surface area contributed by atoms with E-state index in [0.717, 1.165) is 16.7 Å². The number of nitrogens with one attached hydrogen (secondary N) is 2. The zero-order chi connectivity index (χ0) is 20.1. The zero-order valence-corrected chi connectivity index (χ0v) is 15.2. The molecule has 0 radical (unpaired) electrons. The maximum atomic E-state index is 13.0. The van der Waals surface area contributed by atoms with Crippen LogP contribution in [0.15, 0.2) is 30.6 Å². The quantitative estimate of drug-likeness (QED) is 0.485. The number of aromatic amines is 1. The molecule has 12 heteroatoms. The lowest BCUT2D eigenvalue weighted by molar-refractivity contribution is -0.137. The Morgan fingerprint density at radius 3 is 2.79 bits per heavy atom. The van der Waals surface area contributed by atoms with Gasteiger partial charge in [-0.25, -0.2) is 4.98 Å². The van der Waals surface area contributed by atoms with Gasteiger partial charge in [0.2, 0.25) is 0 Å². The monoisotopic (exact) mass is 428 g/mol. The summed E-state index contributed by atoms with van der Waals surface area (Å²) in [5, 5.41) is 10.8. The van der Waals surface area contributed by atoms with Crippen molar-refractivity contribution in [2.75, 3.05) is 0 Å². The molecule has 2 N–H and O–H groups in total. The van der Waals surface area contributed by atoms with Gasteiger partial charge >= 0.3 is 6.18 Å². The van der Waals surface area contributed by atoms with Crippen molar-refractivity contribution in [3.05, 3.63) is 57.7 Å². The Kier molecular flexibility index (Phi) is 4.39. The standard InChI is InChI=1S/C16H9Cl2F3N6O/c17-10-3-7(16(19,20)21)6-27-12(25-26-14(10)27)5-23-15(28)9-4-22-13-8(9)1-2-11(18)24-13/h1-4,6H,5H2,(H,22,24)(H,23,28). The third kappa shape index (κ3) is 3.25. The van der Waals surface area contributed by atoms with Crippen LogP contribution >= 0.6 is 23.2 Å². The molecule has 7 nitrogen and oxygen atoms in total. The molecule has 4 aromatic rings. The van der Waals surface area contributed by atoms with Crippen molar-refractivity contribution in [1.82, 2.24) is 29.9 Å². The molecular formula is C16H9Cl2F3N6O. The average molecular weight is 429 g/mol. The number of alkyl halides is 3. The van der Waals surface area contributed by atoms with Crippen LogP contribution in [-0.4, -0.2) is 30.5 Å². The summed E-state index contributed by atoms with van der Waals surface area (Å²) in [4.78, 5) is 19.4. The van der Waals surface area contributed by atoms with E-state index in [4.69, 9.17) is 23.2 Å². The second kappa shape index (κ2) is 6.64. The maximum absolute atomic E-state index is 13.0. The van der Waals surface area contributed by atoms with Crippen LogP contribution < -0.4 is 5.32 Å². The van der Waals surface area contributed by atoms with E-state index < -0.39 is 17.6 Å². The van der Waals surface area contributed by atoms with Crippen LogP contribution in [0, 0.1) is 0 Å². The van der Waals surface area contributed by atoms with Crippen LogP contribution in [0.5, 0.6) is 0 Å². The van der Waals surface area contributed by atoms with Gasteiger partial charge in [0.05, 0.1) is 22.7 Å². The Hall–Kier alpha value is -2.85. The summed E-state index contributed by atoms with van der Waals surface area (Å²) in [7, 11) is 0. The number of hydrogen-bond donors (Lipinski definition) is 2. The molecule has 0 fully saturated rings. The van der Waals surface area contributed by atoms with Gasteiger partial charge in [0, 0.05) is 17.8 Å². The number of carbonyl (C=O) groups excluding carboxylic acids is 1. The number of H-pyrrole nitrogens is 1. The Morgan fingerprint density at radius 2 is 2.04 bits per heavy atom. The van der Waals surface area contributed by atoms with Crippen LogP contribution in [-0.2, 0) is 12.7 Å². The fourth-order valence-corrected chi connectivity index (χ4v) is 3.09. The lowest BCUT2D eigenvalue weighted by Gasteiger charge is -2.09. The fourth-order valence-electron chi connectivity index (χ4n) is 2.70. The number of fused-ring (bicyclic) bond motifs is 2. The van der Waals surface area contributed by atoms with E-state index in [1.54, 1.807) is 12.1 Å². The normalized spacial score (nSPS) is 12.0. The summed E-state index contributed by atoms with van der Waals surface area (Å²) in [5.41, 5.74) is -0.143. The highest BCUT2D eigenvalue weighted by Crippen LogP contribution is 2.32. The molecule has 4 rings (SSSR count). The third-order valence-electron chi connectivity index (χ3n) is 4.01. The summed E-state index contributed by atoms with van der Waals surface area (Å²) in [5.74, 6) is -0.373. The number of nitrogens with zero attached hydrogens (tertiary/aromatic N) is 4. The lowest BCUT2D eigenvalue weighted by Crippen LogP contribution is -2.24. The van der Waals surface area contributed by atoms with E-state index in [1.807, 2.05) is 0 Å². The smallest absolute Gasteiger partial charge is 0.345 e. The first-order valence-corrected chi connectivity index (χ1v) is 8.52. The molecule has 0 saturated heterocycles. The number of halogens is 5. The van der Waals surface area contributed by atoms with E-state index in [0.29, 0.717) is 16.6 Å². The predicted octanol–water partition coefficient (Wildman–Crippen LogP) is 3.86. The molecule has 28 heavy (non-hydrogen) atoms. The predicted molar refractivity (Wildman–Crippen MR) is 95.3 cm³/mol. The van der Waals surface area contributed by atoms with Crippen LogP contribution in [0.2, 0.25) is 10.2 Å². The van der Waals surface area contributed by atoms with Gasteiger partial charge in [-0.3, -0.25) is 9.20 Å². The molecule has 0 aliphatic heterocycles. The largest absolute Gasteiger partial charge is 0.417 e. The van der Waals surface area contributed by atoms with Gasteiger partial charge in [-0.1, -0.05) is 23.2 Å². The molecule has 0 atom stereocenters. The number of aromatic nitrogens is 5. The Bertz CT molecular complexity index is 1220. The summed E-state index contributed by atoms with van der Waals surface area (Å²) in [6.07, 6.45) is -2.29. The second-order valence-electron chi connectivity index (χ2n) is 5.80. The zero-order valence-electron chi connectivity index (χ0n) is 13.7. The molecule has 0 spiro atoms. The molecule has 0 unspecified atom stereocenters. The first kappa shape index (κ1) is 18.5. The van der Waals surface area contributed by atoms with Gasteiger partial charge < -0.3 is 10.3 Å². The molecule has 144 valence electrons. The Morgan fingerprint density at radius 1 is 1.25 bits per heavy atom. The van der Waals surface area contributed by atoms with E-state index in [-0.39, 0.29) is 28.2 Å². The van der Waals surface area contributed by atoms with Gasteiger partial charge in [-0.15, -0.1) is 10.2 Å². The summed E-state index contributed by atoms with van der Waals surface area (Å²) < 4.78 is 40.1. The first-order chi connectivity index (χ1) is 13.2. The Balaban J connectivity index is 1.61. The van der Waals surface area contributed by atoms with Crippen LogP contribution in [0.4, 0.5) is 13.2 Å². The molecule has 0 saturated carbocycles. The summed E-state index contributed by atoms with van der Waals surface area (Å²) in [6.45, 7) is -0.161. The Labute approximate surface area is 164 Å². The molecule has 0 bridgehead atoms. The molecule has 0 aliphatic carbocycles. The van der Waals surface area contributed by atoms with Crippen molar-refractivity contribution in [1.29, 1.82) is 0 Å². The van der Waals surface area contributed by atoms with E-state index in [2.05, 4.69) is 25.5 Å².